The number of thiophene rings is 1. The molecule has 0 aromatic carbocycles. The average Bonchev–Trinajstić information content (AvgIpc) is 3.01. The summed E-state index contributed by atoms with van der Waals surface area (Å²) in [6.07, 6.45) is 1.06. The number of rotatable bonds is 6. The van der Waals surface area contributed by atoms with Crippen LogP contribution in [0.2, 0.25) is 0 Å². The van der Waals surface area contributed by atoms with Crippen molar-refractivity contribution in [1.29, 1.82) is 0 Å². The lowest BCUT2D eigenvalue weighted by atomic mass is 10.4. The van der Waals surface area contributed by atoms with Crippen molar-refractivity contribution >= 4 is 27.3 Å². The molecule has 0 aliphatic rings. The molecule has 0 atom stereocenters. The number of aryl methyl sites for hydroxylation is 1. The summed E-state index contributed by atoms with van der Waals surface area (Å²) >= 11 is 1.62. The van der Waals surface area contributed by atoms with Crippen LogP contribution in [0.4, 0.5) is 0 Å². The largest absolute Gasteiger partial charge is 0.455 e. The van der Waals surface area contributed by atoms with Crippen molar-refractivity contribution in [2.24, 2.45) is 0 Å². The molecule has 0 bridgehead atoms. The van der Waals surface area contributed by atoms with Crippen molar-refractivity contribution in [1.82, 2.24) is 10.0 Å². The summed E-state index contributed by atoms with van der Waals surface area (Å²) in [5.41, 5.74) is 0. The van der Waals surface area contributed by atoms with Gasteiger partial charge in [0.05, 0.1) is 19.3 Å². The molecular formula is C13H16N2O4S2. The van der Waals surface area contributed by atoms with Gasteiger partial charge in [-0.2, -0.15) is 0 Å². The van der Waals surface area contributed by atoms with Gasteiger partial charge in [-0.05, 0) is 31.2 Å². The number of furan rings is 1. The molecule has 0 unspecified atom stereocenters. The maximum Gasteiger partial charge on any atom is 0.287 e. The first-order valence-electron chi connectivity index (χ1n) is 6.20. The van der Waals surface area contributed by atoms with Crippen LogP contribution >= 0.6 is 11.3 Å². The van der Waals surface area contributed by atoms with E-state index in [1.165, 1.54) is 10.9 Å². The molecule has 2 rings (SSSR count). The summed E-state index contributed by atoms with van der Waals surface area (Å²) in [5.74, 6) is 0.220. The molecule has 2 N–H and O–H groups in total. The van der Waals surface area contributed by atoms with E-state index in [0.717, 1.165) is 11.1 Å². The highest BCUT2D eigenvalue weighted by atomic mass is 32.2. The van der Waals surface area contributed by atoms with E-state index in [9.17, 15) is 13.2 Å². The fraction of sp³-hybridized carbons (Fsp3) is 0.308. The van der Waals surface area contributed by atoms with E-state index in [2.05, 4.69) is 10.0 Å². The van der Waals surface area contributed by atoms with E-state index in [-0.39, 0.29) is 18.2 Å². The molecule has 2 heterocycles. The van der Waals surface area contributed by atoms with E-state index >= 15 is 0 Å². The Balaban J connectivity index is 1.89. The topological polar surface area (TPSA) is 88.4 Å². The third kappa shape index (κ3) is 5.00. The smallest absolute Gasteiger partial charge is 0.287 e. The van der Waals surface area contributed by atoms with Gasteiger partial charge in [-0.3, -0.25) is 4.79 Å². The molecular weight excluding hydrogens is 312 g/mol. The number of carbonyl (C=O) groups is 1. The SMILES string of the molecule is Cc1ccc(CNC(=O)c2ccc(CNS(C)(=O)=O)o2)s1. The Labute approximate surface area is 127 Å². The Kier molecular flexibility index (Phi) is 4.81. The molecule has 0 saturated heterocycles. The van der Waals surface area contributed by atoms with Gasteiger partial charge in [-0.15, -0.1) is 11.3 Å². The lowest BCUT2D eigenvalue weighted by Gasteiger charge is -2.01. The van der Waals surface area contributed by atoms with Crippen molar-refractivity contribution in [2.45, 2.75) is 20.0 Å². The van der Waals surface area contributed by atoms with Crippen LogP contribution in [-0.2, 0) is 23.1 Å². The third-order valence-electron chi connectivity index (χ3n) is 2.61. The lowest BCUT2D eigenvalue weighted by Crippen LogP contribution is -2.22. The van der Waals surface area contributed by atoms with Gasteiger partial charge < -0.3 is 9.73 Å². The number of amides is 1. The molecule has 2 aromatic rings. The van der Waals surface area contributed by atoms with Crippen molar-refractivity contribution in [3.8, 4) is 0 Å². The maximum absolute atomic E-state index is 11.9. The number of nitrogens with one attached hydrogen (secondary N) is 2. The van der Waals surface area contributed by atoms with E-state index in [1.807, 2.05) is 19.1 Å². The molecule has 0 saturated carbocycles. The van der Waals surface area contributed by atoms with Crippen molar-refractivity contribution in [3.63, 3.8) is 0 Å². The first-order chi connectivity index (χ1) is 9.83. The fourth-order valence-corrected chi connectivity index (χ4v) is 2.87. The van der Waals surface area contributed by atoms with Crippen molar-refractivity contribution < 1.29 is 17.6 Å². The summed E-state index contributed by atoms with van der Waals surface area (Å²) in [6.45, 7) is 2.47. The number of hydrogen-bond acceptors (Lipinski definition) is 5. The molecule has 0 fully saturated rings. The first kappa shape index (κ1) is 15.7. The van der Waals surface area contributed by atoms with E-state index in [1.54, 1.807) is 17.4 Å². The molecule has 0 radical (unpaired) electrons. The zero-order chi connectivity index (χ0) is 15.5. The van der Waals surface area contributed by atoms with Crippen LogP contribution in [-0.4, -0.2) is 20.6 Å². The van der Waals surface area contributed by atoms with Crippen LogP contribution in [0.25, 0.3) is 0 Å². The second kappa shape index (κ2) is 6.42. The van der Waals surface area contributed by atoms with Crippen LogP contribution in [0.15, 0.2) is 28.7 Å². The van der Waals surface area contributed by atoms with Crippen LogP contribution in [0.1, 0.15) is 26.1 Å². The van der Waals surface area contributed by atoms with Gasteiger partial charge in [0.2, 0.25) is 10.0 Å². The molecule has 114 valence electrons. The average molecular weight is 328 g/mol. The van der Waals surface area contributed by atoms with Gasteiger partial charge in [0.15, 0.2) is 5.76 Å². The number of carbonyl (C=O) groups excluding carboxylic acids is 1. The summed E-state index contributed by atoms with van der Waals surface area (Å²) < 4.78 is 29.5. The molecule has 2 aromatic heterocycles. The summed E-state index contributed by atoms with van der Waals surface area (Å²) in [5, 5.41) is 2.75. The highest BCUT2D eigenvalue weighted by molar-refractivity contribution is 7.88. The Morgan fingerprint density at radius 3 is 2.62 bits per heavy atom. The number of hydrogen-bond donors (Lipinski definition) is 2. The van der Waals surface area contributed by atoms with Gasteiger partial charge >= 0.3 is 0 Å². The second-order valence-electron chi connectivity index (χ2n) is 4.55. The van der Waals surface area contributed by atoms with Gasteiger partial charge in [-0.25, -0.2) is 13.1 Å². The second-order valence-corrected chi connectivity index (χ2v) is 7.76. The molecule has 0 spiro atoms. The van der Waals surface area contributed by atoms with Crippen LogP contribution in [0, 0.1) is 6.92 Å². The zero-order valence-corrected chi connectivity index (χ0v) is 13.3. The van der Waals surface area contributed by atoms with Gasteiger partial charge in [0, 0.05) is 9.75 Å². The first-order valence-corrected chi connectivity index (χ1v) is 8.91. The lowest BCUT2D eigenvalue weighted by molar-refractivity contribution is 0.0921. The van der Waals surface area contributed by atoms with Crippen LogP contribution < -0.4 is 10.0 Å². The molecule has 0 aliphatic heterocycles. The maximum atomic E-state index is 11.9. The number of sulfonamides is 1. The third-order valence-corrected chi connectivity index (χ3v) is 4.28. The summed E-state index contributed by atoms with van der Waals surface area (Å²) in [7, 11) is -3.29. The Morgan fingerprint density at radius 1 is 1.24 bits per heavy atom. The summed E-state index contributed by atoms with van der Waals surface area (Å²) in [6, 6.07) is 7.05. The fourth-order valence-electron chi connectivity index (χ4n) is 1.63. The van der Waals surface area contributed by atoms with Gasteiger partial charge in [0.25, 0.3) is 5.91 Å². The van der Waals surface area contributed by atoms with Crippen molar-refractivity contribution in [2.75, 3.05) is 6.26 Å². The van der Waals surface area contributed by atoms with Gasteiger partial charge in [-0.1, -0.05) is 0 Å². The Hall–Kier alpha value is -1.64. The molecule has 0 aliphatic carbocycles. The monoisotopic (exact) mass is 328 g/mol. The predicted molar refractivity (Wildman–Crippen MR) is 80.6 cm³/mol. The Morgan fingerprint density at radius 2 is 2.00 bits per heavy atom. The minimum absolute atomic E-state index is 0.0240. The minimum Gasteiger partial charge on any atom is -0.455 e. The van der Waals surface area contributed by atoms with Crippen molar-refractivity contribution in [3.05, 3.63) is 45.5 Å². The Bertz CT molecular complexity index is 731. The van der Waals surface area contributed by atoms with E-state index in [0.29, 0.717) is 12.3 Å². The standard InChI is InChI=1S/C13H16N2O4S2/c1-9-3-5-11(20-9)8-14-13(16)12-6-4-10(19-12)7-15-21(2,17)18/h3-6,15H,7-8H2,1-2H3,(H,14,16). The summed E-state index contributed by atoms with van der Waals surface area (Å²) in [4.78, 5) is 14.1. The van der Waals surface area contributed by atoms with Gasteiger partial charge in [0.1, 0.15) is 5.76 Å². The van der Waals surface area contributed by atoms with E-state index < -0.39 is 10.0 Å². The minimum atomic E-state index is -3.29. The van der Waals surface area contributed by atoms with Crippen LogP contribution in [0.3, 0.4) is 0 Å². The van der Waals surface area contributed by atoms with Crippen LogP contribution in [0.5, 0.6) is 0 Å². The predicted octanol–water partition coefficient (Wildman–Crippen LogP) is 1.63. The molecule has 1 amide bonds. The van der Waals surface area contributed by atoms with E-state index in [4.69, 9.17) is 4.42 Å². The molecule has 8 heteroatoms. The molecule has 6 nitrogen and oxygen atoms in total. The molecule has 21 heavy (non-hydrogen) atoms. The normalized spacial score (nSPS) is 11.5. The quantitative estimate of drug-likeness (QED) is 0.843. The highest BCUT2D eigenvalue weighted by Gasteiger charge is 2.12. The zero-order valence-electron chi connectivity index (χ0n) is 11.7. The highest BCUT2D eigenvalue weighted by Crippen LogP contribution is 2.15.